The molecule has 0 radical (unpaired) electrons. The van der Waals surface area contributed by atoms with Crippen molar-refractivity contribution < 1.29 is 4.79 Å². The summed E-state index contributed by atoms with van der Waals surface area (Å²) in [5, 5.41) is 5.88. The Kier molecular flexibility index (Phi) is 4.52. The van der Waals surface area contributed by atoms with Crippen LogP contribution in [0.5, 0.6) is 0 Å². The predicted octanol–water partition coefficient (Wildman–Crippen LogP) is 0.627. The summed E-state index contributed by atoms with van der Waals surface area (Å²) in [5.41, 5.74) is 1.19. The lowest BCUT2D eigenvalue weighted by atomic mass is 10.2. The molecule has 0 bridgehead atoms. The highest BCUT2D eigenvalue weighted by molar-refractivity contribution is 5.74. The van der Waals surface area contributed by atoms with Crippen LogP contribution in [0.25, 0.3) is 0 Å². The third-order valence-corrected chi connectivity index (χ3v) is 3.18. The van der Waals surface area contributed by atoms with Crippen LogP contribution in [0.4, 0.5) is 4.79 Å². The Balaban J connectivity index is 1.63. The van der Waals surface area contributed by atoms with Crippen LogP contribution in [-0.2, 0) is 6.42 Å². The number of rotatable bonds is 4. The number of likely N-dealkylation sites (tertiary alicyclic amines) is 1. The molecule has 1 saturated heterocycles. The second-order valence-corrected chi connectivity index (χ2v) is 4.75. The number of urea groups is 1. The molecule has 1 aliphatic heterocycles. The van der Waals surface area contributed by atoms with Gasteiger partial charge in [-0.15, -0.1) is 0 Å². The zero-order valence-corrected chi connectivity index (χ0v) is 10.7. The highest BCUT2D eigenvalue weighted by atomic mass is 16.2. The lowest BCUT2D eigenvalue weighted by Gasteiger charge is -2.13. The van der Waals surface area contributed by atoms with Crippen molar-refractivity contribution in [2.45, 2.75) is 18.9 Å². The van der Waals surface area contributed by atoms with E-state index in [1.165, 1.54) is 5.56 Å². The van der Waals surface area contributed by atoms with Crippen molar-refractivity contribution in [3.8, 4) is 0 Å². The van der Waals surface area contributed by atoms with Gasteiger partial charge >= 0.3 is 6.03 Å². The number of pyridine rings is 1. The fourth-order valence-corrected chi connectivity index (χ4v) is 2.16. The fourth-order valence-electron chi connectivity index (χ4n) is 2.16. The molecular formula is C13H20N4O. The Hall–Kier alpha value is -1.62. The molecule has 2 amide bonds. The molecule has 1 atom stereocenters. The van der Waals surface area contributed by atoms with Gasteiger partial charge in [0.1, 0.15) is 0 Å². The van der Waals surface area contributed by atoms with Gasteiger partial charge in [0.15, 0.2) is 0 Å². The van der Waals surface area contributed by atoms with E-state index in [-0.39, 0.29) is 12.1 Å². The Morgan fingerprint density at radius 2 is 2.28 bits per heavy atom. The number of aromatic nitrogens is 1. The number of carbonyl (C=O) groups excluding carboxylic acids is 1. The minimum absolute atomic E-state index is 0.0654. The zero-order valence-electron chi connectivity index (χ0n) is 10.7. The van der Waals surface area contributed by atoms with Crippen LogP contribution in [0.1, 0.15) is 12.0 Å². The number of carbonyl (C=O) groups is 1. The first-order valence-corrected chi connectivity index (χ1v) is 6.36. The molecule has 2 N–H and O–H groups in total. The first-order valence-electron chi connectivity index (χ1n) is 6.36. The van der Waals surface area contributed by atoms with E-state index in [1.54, 1.807) is 12.4 Å². The predicted molar refractivity (Wildman–Crippen MR) is 70.4 cm³/mol. The molecule has 5 heteroatoms. The summed E-state index contributed by atoms with van der Waals surface area (Å²) in [5.74, 6) is 0. The van der Waals surface area contributed by atoms with Crippen LogP contribution < -0.4 is 10.6 Å². The number of likely N-dealkylation sites (N-methyl/N-ethyl adjacent to an activating group) is 1. The third kappa shape index (κ3) is 4.00. The zero-order chi connectivity index (χ0) is 12.8. The highest BCUT2D eigenvalue weighted by Crippen LogP contribution is 2.05. The second-order valence-electron chi connectivity index (χ2n) is 4.75. The standard InChI is InChI=1S/C13H20N4O/c1-17-9-5-12(10-17)16-13(18)15-8-4-11-2-6-14-7-3-11/h2-3,6-7,12H,4-5,8-10H2,1H3,(H2,15,16,18). The quantitative estimate of drug-likeness (QED) is 0.821. The lowest BCUT2D eigenvalue weighted by molar-refractivity contribution is 0.237. The molecule has 1 aliphatic rings. The van der Waals surface area contributed by atoms with Gasteiger partial charge in [0.05, 0.1) is 0 Å². The molecule has 0 aromatic carbocycles. The van der Waals surface area contributed by atoms with E-state index in [0.29, 0.717) is 6.54 Å². The summed E-state index contributed by atoms with van der Waals surface area (Å²) in [6.07, 6.45) is 5.41. The first-order chi connectivity index (χ1) is 8.74. The third-order valence-electron chi connectivity index (χ3n) is 3.18. The van der Waals surface area contributed by atoms with Crippen molar-refractivity contribution in [3.63, 3.8) is 0 Å². The van der Waals surface area contributed by atoms with Gasteiger partial charge in [-0.3, -0.25) is 4.98 Å². The van der Waals surface area contributed by atoms with Crippen LogP contribution in [-0.4, -0.2) is 48.6 Å². The average molecular weight is 248 g/mol. The molecule has 1 fully saturated rings. The van der Waals surface area contributed by atoms with Gasteiger partial charge in [-0.25, -0.2) is 4.79 Å². The minimum Gasteiger partial charge on any atom is -0.338 e. The number of hydrogen-bond donors (Lipinski definition) is 2. The maximum atomic E-state index is 11.6. The van der Waals surface area contributed by atoms with Crippen LogP contribution >= 0.6 is 0 Å². The van der Waals surface area contributed by atoms with Gasteiger partial charge in [0.2, 0.25) is 0 Å². The van der Waals surface area contributed by atoms with Gasteiger partial charge in [-0.2, -0.15) is 0 Å². The number of amides is 2. The molecule has 1 aromatic heterocycles. The highest BCUT2D eigenvalue weighted by Gasteiger charge is 2.20. The molecule has 1 unspecified atom stereocenters. The maximum absolute atomic E-state index is 11.6. The van der Waals surface area contributed by atoms with Crippen LogP contribution in [0.2, 0.25) is 0 Å². The van der Waals surface area contributed by atoms with E-state index in [4.69, 9.17) is 0 Å². The van der Waals surface area contributed by atoms with Crippen LogP contribution in [0.15, 0.2) is 24.5 Å². The van der Waals surface area contributed by atoms with Crippen LogP contribution in [0.3, 0.4) is 0 Å². The summed E-state index contributed by atoms with van der Waals surface area (Å²) < 4.78 is 0. The first kappa shape index (κ1) is 12.8. The van der Waals surface area contributed by atoms with E-state index in [9.17, 15) is 4.79 Å². The molecule has 0 aliphatic carbocycles. The smallest absolute Gasteiger partial charge is 0.315 e. The van der Waals surface area contributed by atoms with Gasteiger partial charge in [0.25, 0.3) is 0 Å². The molecule has 5 nitrogen and oxygen atoms in total. The van der Waals surface area contributed by atoms with E-state index >= 15 is 0 Å². The normalized spacial score (nSPS) is 19.7. The van der Waals surface area contributed by atoms with Crippen molar-refractivity contribution in [1.82, 2.24) is 20.5 Å². The van der Waals surface area contributed by atoms with E-state index in [0.717, 1.165) is 25.9 Å². The van der Waals surface area contributed by atoms with E-state index in [1.807, 2.05) is 12.1 Å². The second kappa shape index (κ2) is 6.35. The Bertz CT molecular complexity index is 382. The molecule has 1 aromatic rings. The van der Waals surface area contributed by atoms with Crippen LogP contribution in [0, 0.1) is 0 Å². The van der Waals surface area contributed by atoms with E-state index < -0.39 is 0 Å². The Morgan fingerprint density at radius 3 is 2.94 bits per heavy atom. The van der Waals surface area contributed by atoms with Gasteiger partial charge in [-0.05, 0) is 44.1 Å². The molecule has 98 valence electrons. The molecule has 2 heterocycles. The average Bonchev–Trinajstić information content (AvgIpc) is 2.76. The topological polar surface area (TPSA) is 57.3 Å². The minimum atomic E-state index is -0.0654. The van der Waals surface area contributed by atoms with Gasteiger partial charge in [-0.1, -0.05) is 0 Å². The summed E-state index contributed by atoms with van der Waals surface area (Å²) in [7, 11) is 2.07. The summed E-state index contributed by atoms with van der Waals surface area (Å²) in [6.45, 7) is 2.65. The Labute approximate surface area is 108 Å². The fraction of sp³-hybridized carbons (Fsp3) is 0.538. The molecule has 2 rings (SSSR count). The summed E-state index contributed by atoms with van der Waals surface area (Å²) >= 11 is 0. The largest absolute Gasteiger partial charge is 0.338 e. The SMILES string of the molecule is CN1CCC(NC(=O)NCCc2ccncc2)C1. The van der Waals surface area contributed by atoms with Crippen molar-refractivity contribution in [2.75, 3.05) is 26.7 Å². The lowest BCUT2D eigenvalue weighted by Crippen LogP contribution is -2.43. The number of nitrogens with one attached hydrogen (secondary N) is 2. The van der Waals surface area contributed by atoms with E-state index in [2.05, 4.69) is 27.6 Å². The molecule has 0 spiro atoms. The molecular weight excluding hydrogens is 228 g/mol. The van der Waals surface area contributed by atoms with Crippen molar-refractivity contribution in [2.24, 2.45) is 0 Å². The van der Waals surface area contributed by atoms with Gasteiger partial charge in [0, 0.05) is 31.5 Å². The van der Waals surface area contributed by atoms with Crippen molar-refractivity contribution in [1.29, 1.82) is 0 Å². The van der Waals surface area contributed by atoms with Gasteiger partial charge < -0.3 is 15.5 Å². The molecule has 18 heavy (non-hydrogen) atoms. The summed E-state index contributed by atoms with van der Waals surface area (Å²) in [6, 6.07) is 4.15. The van der Waals surface area contributed by atoms with Crippen molar-refractivity contribution in [3.05, 3.63) is 30.1 Å². The number of nitrogens with zero attached hydrogens (tertiary/aromatic N) is 2. The molecule has 0 saturated carbocycles. The number of hydrogen-bond acceptors (Lipinski definition) is 3. The Morgan fingerprint density at radius 1 is 1.50 bits per heavy atom. The van der Waals surface area contributed by atoms with Crippen molar-refractivity contribution >= 4 is 6.03 Å². The maximum Gasteiger partial charge on any atom is 0.315 e. The monoisotopic (exact) mass is 248 g/mol. The summed E-state index contributed by atoms with van der Waals surface area (Å²) in [4.78, 5) is 17.8.